The van der Waals surface area contributed by atoms with Crippen molar-refractivity contribution in [2.45, 2.75) is 12.3 Å². The minimum Gasteiger partial charge on any atom is -0.359 e. The van der Waals surface area contributed by atoms with Crippen LogP contribution in [0.3, 0.4) is 0 Å². The second kappa shape index (κ2) is 6.73. The summed E-state index contributed by atoms with van der Waals surface area (Å²) in [6.45, 7) is 0.875. The fraction of sp³-hybridized carbons (Fsp3) is 0.286. The Balaban J connectivity index is 2.02. The van der Waals surface area contributed by atoms with E-state index >= 15 is 0 Å². The largest absolute Gasteiger partial charge is 0.359 e. The molecular weight excluding hydrogens is 281 g/mol. The first-order chi connectivity index (χ1) is 9.20. The van der Waals surface area contributed by atoms with E-state index in [9.17, 15) is 0 Å². The molecule has 0 aliphatic rings. The monoisotopic (exact) mass is 295 g/mol. The van der Waals surface area contributed by atoms with Crippen molar-refractivity contribution in [1.82, 2.24) is 9.97 Å². The highest BCUT2D eigenvalue weighted by molar-refractivity contribution is 6.32. The van der Waals surface area contributed by atoms with Crippen molar-refractivity contribution >= 4 is 29.0 Å². The van der Waals surface area contributed by atoms with Crippen molar-refractivity contribution < 1.29 is 0 Å². The molecule has 3 nitrogen and oxygen atoms in total. The van der Waals surface area contributed by atoms with Crippen molar-refractivity contribution in [3.63, 3.8) is 0 Å². The van der Waals surface area contributed by atoms with E-state index in [-0.39, 0.29) is 0 Å². The van der Waals surface area contributed by atoms with Crippen LogP contribution in [-0.4, -0.2) is 23.6 Å². The summed E-state index contributed by atoms with van der Waals surface area (Å²) in [4.78, 5) is 10.6. The molecule has 2 aromatic heterocycles. The van der Waals surface area contributed by atoms with Crippen LogP contribution in [0.4, 0.5) is 5.82 Å². The van der Waals surface area contributed by atoms with Crippen LogP contribution in [0, 0.1) is 0 Å². The number of anilines is 1. The van der Waals surface area contributed by atoms with Crippen LogP contribution in [0.5, 0.6) is 0 Å². The molecule has 2 rings (SSSR count). The molecule has 2 aromatic rings. The number of halogens is 2. The van der Waals surface area contributed by atoms with Crippen molar-refractivity contribution in [1.29, 1.82) is 0 Å². The van der Waals surface area contributed by atoms with Gasteiger partial charge in [-0.1, -0.05) is 11.6 Å². The highest BCUT2D eigenvalue weighted by Crippen LogP contribution is 2.20. The average molecular weight is 296 g/mol. The second-order valence-electron chi connectivity index (χ2n) is 4.26. The summed E-state index contributed by atoms with van der Waals surface area (Å²) in [5, 5.41) is 0.612. The van der Waals surface area contributed by atoms with E-state index < -0.39 is 0 Å². The first kappa shape index (κ1) is 14.1. The van der Waals surface area contributed by atoms with E-state index in [1.807, 2.05) is 43.7 Å². The average Bonchev–Trinajstić information content (AvgIpc) is 2.46. The normalized spacial score (nSPS) is 10.5. The number of nitrogens with zero attached hydrogens (tertiary/aromatic N) is 3. The Kier molecular flexibility index (Phi) is 5.00. The number of alkyl halides is 1. The molecule has 0 bridgehead atoms. The number of likely N-dealkylation sites (N-methyl/N-ethyl adjacent to an activating group) is 1. The maximum absolute atomic E-state index is 6.00. The van der Waals surface area contributed by atoms with Crippen LogP contribution in [0.2, 0.25) is 5.02 Å². The summed E-state index contributed by atoms with van der Waals surface area (Å²) in [5.41, 5.74) is 1.98. The van der Waals surface area contributed by atoms with Crippen LogP contribution in [-0.2, 0) is 12.3 Å². The molecule has 0 unspecified atom stereocenters. The molecule has 0 spiro atoms. The maximum Gasteiger partial charge on any atom is 0.128 e. The molecule has 0 amide bonds. The molecular formula is C14H15Cl2N3. The SMILES string of the molecule is CN(CCc1ccncc1)c1ccc(Cl)c(CCl)n1. The lowest BCUT2D eigenvalue weighted by atomic mass is 10.2. The van der Waals surface area contributed by atoms with Crippen LogP contribution in [0.15, 0.2) is 36.7 Å². The molecule has 0 saturated heterocycles. The lowest BCUT2D eigenvalue weighted by Crippen LogP contribution is -2.21. The van der Waals surface area contributed by atoms with E-state index in [1.54, 1.807) is 0 Å². The Morgan fingerprint density at radius 1 is 1.16 bits per heavy atom. The number of pyridine rings is 2. The van der Waals surface area contributed by atoms with E-state index in [4.69, 9.17) is 23.2 Å². The summed E-state index contributed by atoms with van der Waals surface area (Å²) in [6.07, 6.45) is 4.56. The standard InChI is InChI=1S/C14H15Cl2N3/c1-19(9-6-11-4-7-17-8-5-11)14-3-2-12(16)13(10-15)18-14/h2-5,7-8H,6,9-10H2,1H3. The van der Waals surface area contributed by atoms with Crippen molar-refractivity contribution in [2.24, 2.45) is 0 Å². The second-order valence-corrected chi connectivity index (χ2v) is 4.93. The van der Waals surface area contributed by atoms with Crippen LogP contribution < -0.4 is 4.90 Å². The van der Waals surface area contributed by atoms with Crippen molar-refractivity contribution in [3.05, 3.63) is 52.9 Å². The van der Waals surface area contributed by atoms with Gasteiger partial charge in [0.1, 0.15) is 5.82 Å². The first-order valence-corrected chi connectivity index (χ1v) is 6.93. The molecule has 2 heterocycles. The van der Waals surface area contributed by atoms with Gasteiger partial charge < -0.3 is 4.90 Å². The molecule has 100 valence electrons. The lowest BCUT2D eigenvalue weighted by Gasteiger charge is -2.19. The Morgan fingerprint density at radius 3 is 2.58 bits per heavy atom. The topological polar surface area (TPSA) is 29.0 Å². The minimum atomic E-state index is 0.324. The summed E-state index contributed by atoms with van der Waals surface area (Å²) in [5.74, 6) is 1.21. The molecule has 0 N–H and O–H groups in total. The fourth-order valence-corrected chi connectivity index (χ4v) is 2.18. The molecule has 0 radical (unpaired) electrons. The predicted molar refractivity (Wildman–Crippen MR) is 80.0 cm³/mol. The van der Waals surface area contributed by atoms with Crippen molar-refractivity contribution in [3.8, 4) is 0 Å². The Bertz CT molecular complexity index is 531. The summed E-state index contributed by atoms with van der Waals surface area (Å²) in [7, 11) is 2.01. The van der Waals surface area contributed by atoms with Gasteiger partial charge in [-0.3, -0.25) is 4.98 Å². The van der Waals surface area contributed by atoms with E-state index in [2.05, 4.69) is 14.9 Å². The molecule has 19 heavy (non-hydrogen) atoms. The number of hydrogen-bond donors (Lipinski definition) is 0. The van der Waals surface area contributed by atoms with Gasteiger partial charge in [0.2, 0.25) is 0 Å². The highest BCUT2D eigenvalue weighted by Gasteiger charge is 2.07. The van der Waals surface area contributed by atoms with E-state index in [0.29, 0.717) is 10.9 Å². The first-order valence-electron chi connectivity index (χ1n) is 6.02. The van der Waals surface area contributed by atoms with E-state index in [1.165, 1.54) is 5.56 Å². The zero-order valence-corrected chi connectivity index (χ0v) is 12.2. The quantitative estimate of drug-likeness (QED) is 0.790. The molecule has 5 heteroatoms. The summed E-state index contributed by atoms with van der Waals surface area (Å²) < 4.78 is 0. The molecule has 0 aliphatic heterocycles. The molecule has 0 aromatic carbocycles. The number of aromatic nitrogens is 2. The van der Waals surface area contributed by atoms with Crippen LogP contribution in [0.1, 0.15) is 11.3 Å². The van der Waals surface area contributed by atoms with Gasteiger partial charge >= 0.3 is 0 Å². The van der Waals surface area contributed by atoms with Gasteiger partial charge in [-0.2, -0.15) is 0 Å². The third-order valence-corrected chi connectivity index (χ3v) is 3.50. The van der Waals surface area contributed by atoms with Gasteiger partial charge in [0.25, 0.3) is 0 Å². The molecule has 0 aliphatic carbocycles. The zero-order chi connectivity index (χ0) is 13.7. The molecule has 0 saturated carbocycles. The highest BCUT2D eigenvalue weighted by atomic mass is 35.5. The Hall–Kier alpha value is -1.32. The third kappa shape index (κ3) is 3.82. The van der Waals surface area contributed by atoms with Crippen LogP contribution in [0.25, 0.3) is 0 Å². The zero-order valence-electron chi connectivity index (χ0n) is 10.7. The van der Waals surface area contributed by atoms with Gasteiger partial charge in [0, 0.05) is 26.0 Å². The van der Waals surface area contributed by atoms with Gasteiger partial charge in [-0.25, -0.2) is 4.98 Å². The summed E-state index contributed by atoms with van der Waals surface area (Å²) in [6, 6.07) is 7.79. The lowest BCUT2D eigenvalue weighted by molar-refractivity contribution is 0.854. The van der Waals surface area contributed by atoms with Gasteiger partial charge in [0.15, 0.2) is 0 Å². The Labute approximate surface area is 123 Å². The maximum atomic E-state index is 6.00. The molecule has 0 atom stereocenters. The minimum absolute atomic E-state index is 0.324. The third-order valence-electron chi connectivity index (χ3n) is 2.91. The predicted octanol–water partition coefficient (Wildman–Crippen LogP) is 3.55. The van der Waals surface area contributed by atoms with Gasteiger partial charge in [-0.05, 0) is 36.2 Å². The van der Waals surface area contributed by atoms with Gasteiger partial charge in [-0.15, -0.1) is 11.6 Å². The smallest absolute Gasteiger partial charge is 0.128 e. The van der Waals surface area contributed by atoms with E-state index in [0.717, 1.165) is 24.5 Å². The Morgan fingerprint density at radius 2 is 1.89 bits per heavy atom. The van der Waals surface area contributed by atoms with Crippen molar-refractivity contribution in [2.75, 3.05) is 18.5 Å². The molecule has 0 fully saturated rings. The summed E-state index contributed by atoms with van der Waals surface area (Å²) >= 11 is 11.8. The number of hydrogen-bond acceptors (Lipinski definition) is 3. The number of rotatable bonds is 5. The van der Waals surface area contributed by atoms with Gasteiger partial charge in [0.05, 0.1) is 16.6 Å². The van der Waals surface area contributed by atoms with Crippen LogP contribution >= 0.6 is 23.2 Å². The fourth-order valence-electron chi connectivity index (χ4n) is 1.74.